The maximum atomic E-state index is 12.1. The van der Waals surface area contributed by atoms with Crippen LogP contribution in [0.15, 0.2) is 18.2 Å². The fraction of sp³-hybridized carbons (Fsp3) is 0.600. The van der Waals surface area contributed by atoms with E-state index in [0.717, 1.165) is 6.42 Å². The van der Waals surface area contributed by atoms with Crippen molar-refractivity contribution >= 4 is 24.2 Å². The Morgan fingerprint density at radius 2 is 1.50 bits per heavy atom. The monoisotopic (exact) mass is 511 g/mol. The number of rotatable bonds is 15. The highest BCUT2D eigenvalue weighted by atomic mass is 16.7. The Balaban J connectivity index is 3.25. The Kier molecular flexibility index (Phi) is 13.9. The molecule has 0 fully saturated rings. The third kappa shape index (κ3) is 10.9. The summed E-state index contributed by atoms with van der Waals surface area (Å²) in [5.41, 5.74) is 6.33. The summed E-state index contributed by atoms with van der Waals surface area (Å²) >= 11 is 0. The highest BCUT2D eigenvalue weighted by Crippen LogP contribution is 2.35. The maximum absolute atomic E-state index is 12.1. The summed E-state index contributed by atoms with van der Waals surface area (Å²) in [5.74, 6) is -2.79. The molecule has 11 nitrogen and oxygen atoms in total. The molecular formula is C25H37NO10. The van der Waals surface area contributed by atoms with Gasteiger partial charge in [-0.3, -0.25) is 9.59 Å². The molecule has 0 spiro atoms. The molecule has 1 aromatic rings. The summed E-state index contributed by atoms with van der Waals surface area (Å²) in [6.45, 7) is 7.46. The van der Waals surface area contributed by atoms with Gasteiger partial charge in [-0.05, 0) is 50.3 Å². The lowest BCUT2D eigenvalue weighted by molar-refractivity contribution is -0.149. The summed E-state index contributed by atoms with van der Waals surface area (Å²) in [4.78, 5) is 47.8. The van der Waals surface area contributed by atoms with Gasteiger partial charge >= 0.3 is 24.2 Å². The van der Waals surface area contributed by atoms with Crippen LogP contribution in [0.1, 0.15) is 77.7 Å². The first kappa shape index (κ1) is 30.7. The van der Waals surface area contributed by atoms with Crippen LogP contribution in [0.5, 0.6) is 11.5 Å². The maximum Gasteiger partial charge on any atom is 0.513 e. The van der Waals surface area contributed by atoms with Gasteiger partial charge in [0, 0.05) is 12.3 Å². The first-order chi connectivity index (χ1) is 17.1. The second-order valence-corrected chi connectivity index (χ2v) is 8.22. The van der Waals surface area contributed by atoms with Crippen molar-refractivity contribution in [1.29, 1.82) is 0 Å². The number of aliphatic carboxylic acids is 1. The zero-order valence-corrected chi connectivity index (χ0v) is 21.3. The van der Waals surface area contributed by atoms with Crippen LogP contribution in [0, 0.1) is 0 Å². The van der Waals surface area contributed by atoms with Gasteiger partial charge in [-0.25, -0.2) is 9.59 Å². The SMILES string of the molecule is CCCCC(=O)OC(C)CC(c1ccc(OC(=O)OCCC)c(OC(=O)OCCC)c1)[C@H](N)C(=O)O. The van der Waals surface area contributed by atoms with Crippen LogP contribution in [0.4, 0.5) is 9.59 Å². The van der Waals surface area contributed by atoms with E-state index in [0.29, 0.717) is 24.8 Å². The summed E-state index contributed by atoms with van der Waals surface area (Å²) in [6.07, 6.45) is 0.339. The van der Waals surface area contributed by atoms with Crippen molar-refractivity contribution in [3.05, 3.63) is 23.8 Å². The lowest BCUT2D eigenvalue weighted by Crippen LogP contribution is -2.38. The number of carbonyl (C=O) groups is 4. The molecule has 0 amide bonds. The Morgan fingerprint density at radius 1 is 0.917 bits per heavy atom. The van der Waals surface area contributed by atoms with Crippen LogP contribution in [0.3, 0.4) is 0 Å². The standard InChI is InChI=1S/C25H37NO10/c1-5-8-9-21(27)34-16(4)14-18(22(26)23(28)29)17-10-11-19(35-24(30)32-12-6-2)20(15-17)36-25(31)33-13-7-3/h10-11,15-16,18,22H,5-9,12-14,26H2,1-4H3,(H,28,29)/t16?,18?,22-/m0/s1. The molecule has 3 N–H and O–H groups in total. The van der Waals surface area contributed by atoms with Crippen LogP contribution < -0.4 is 15.2 Å². The normalized spacial score (nSPS) is 13.1. The van der Waals surface area contributed by atoms with Crippen molar-refractivity contribution in [2.75, 3.05) is 13.2 Å². The predicted molar refractivity (Wildman–Crippen MR) is 129 cm³/mol. The molecule has 1 rings (SSSR count). The van der Waals surface area contributed by atoms with Crippen LogP contribution in [0.25, 0.3) is 0 Å². The molecule has 36 heavy (non-hydrogen) atoms. The minimum absolute atomic E-state index is 0.0871. The van der Waals surface area contributed by atoms with E-state index in [1.807, 2.05) is 13.8 Å². The molecule has 1 aromatic carbocycles. The van der Waals surface area contributed by atoms with Crippen LogP contribution in [-0.2, 0) is 23.8 Å². The zero-order chi connectivity index (χ0) is 27.1. The number of hydrogen-bond donors (Lipinski definition) is 2. The summed E-state index contributed by atoms with van der Waals surface area (Å²) in [5, 5.41) is 9.57. The topological polar surface area (TPSA) is 161 Å². The molecule has 0 heterocycles. The number of benzene rings is 1. The second-order valence-electron chi connectivity index (χ2n) is 8.22. The smallest absolute Gasteiger partial charge is 0.480 e. The number of carbonyl (C=O) groups excluding carboxylic acids is 3. The second kappa shape index (κ2) is 16.4. The van der Waals surface area contributed by atoms with E-state index in [1.54, 1.807) is 13.8 Å². The van der Waals surface area contributed by atoms with Gasteiger partial charge in [0.1, 0.15) is 6.04 Å². The average molecular weight is 512 g/mol. The van der Waals surface area contributed by atoms with Gasteiger partial charge in [-0.1, -0.05) is 33.3 Å². The fourth-order valence-corrected chi connectivity index (χ4v) is 3.20. The van der Waals surface area contributed by atoms with Gasteiger partial charge in [0.05, 0.1) is 19.3 Å². The summed E-state index contributed by atoms with van der Waals surface area (Å²) < 4.78 is 25.6. The van der Waals surface area contributed by atoms with E-state index >= 15 is 0 Å². The van der Waals surface area contributed by atoms with Gasteiger partial charge in [-0.15, -0.1) is 0 Å². The van der Waals surface area contributed by atoms with Crippen molar-refractivity contribution in [3.8, 4) is 11.5 Å². The molecule has 0 bridgehead atoms. The first-order valence-electron chi connectivity index (χ1n) is 12.1. The lowest BCUT2D eigenvalue weighted by Gasteiger charge is -2.25. The van der Waals surface area contributed by atoms with E-state index in [9.17, 15) is 24.3 Å². The number of hydrogen-bond acceptors (Lipinski definition) is 10. The molecule has 11 heteroatoms. The van der Waals surface area contributed by atoms with E-state index < -0.39 is 36.3 Å². The molecule has 202 valence electrons. The van der Waals surface area contributed by atoms with Gasteiger partial charge in [0.2, 0.25) is 0 Å². The Hall–Kier alpha value is -3.34. The van der Waals surface area contributed by atoms with Crippen LogP contribution >= 0.6 is 0 Å². The molecular weight excluding hydrogens is 474 g/mol. The molecule has 0 aliphatic heterocycles. The summed E-state index contributed by atoms with van der Waals surface area (Å²) in [6, 6.07) is 2.81. The lowest BCUT2D eigenvalue weighted by atomic mass is 9.87. The van der Waals surface area contributed by atoms with E-state index in [1.165, 1.54) is 18.2 Å². The molecule has 2 unspecified atom stereocenters. The molecule has 0 radical (unpaired) electrons. The third-order valence-electron chi connectivity index (χ3n) is 5.00. The van der Waals surface area contributed by atoms with E-state index in [4.69, 9.17) is 29.4 Å². The molecule has 0 saturated carbocycles. The van der Waals surface area contributed by atoms with E-state index in [2.05, 4.69) is 0 Å². The Bertz CT molecular complexity index is 872. The largest absolute Gasteiger partial charge is 0.513 e. The van der Waals surface area contributed by atoms with Crippen LogP contribution in [-0.4, -0.2) is 54.7 Å². The van der Waals surface area contributed by atoms with Crippen molar-refractivity contribution in [1.82, 2.24) is 0 Å². The zero-order valence-electron chi connectivity index (χ0n) is 21.3. The Morgan fingerprint density at radius 3 is 2.03 bits per heavy atom. The average Bonchev–Trinajstić information content (AvgIpc) is 2.84. The molecule has 0 saturated heterocycles. The molecule has 3 atom stereocenters. The fourth-order valence-electron chi connectivity index (χ4n) is 3.20. The number of nitrogens with two attached hydrogens (primary N) is 1. The number of carboxylic acids is 1. The minimum Gasteiger partial charge on any atom is -0.480 e. The van der Waals surface area contributed by atoms with Gasteiger partial charge in [0.25, 0.3) is 0 Å². The highest BCUT2D eigenvalue weighted by molar-refractivity contribution is 5.75. The van der Waals surface area contributed by atoms with Gasteiger partial charge in [-0.2, -0.15) is 0 Å². The van der Waals surface area contributed by atoms with Gasteiger partial charge in [0.15, 0.2) is 11.5 Å². The third-order valence-corrected chi connectivity index (χ3v) is 5.00. The first-order valence-corrected chi connectivity index (χ1v) is 12.1. The Labute approximate surface area is 211 Å². The van der Waals surface area contributed by atoms with E-state index in [-0.39, 0.29) is 43.5 Å². The predicted octanol–water partition coefficient (Wildman–Crippen LogP) is 4.54. The minimum atomic E-state index is -1.36. The quantitative estimate of drug-likeness (QED) is 0.193. The molecule has 0 aromatic heterocycles. The van der Waals surface area contributed by atoms with Crippen molar-refractivity contribution in [2.45, 2.75) is 84.3 Å². The highest BCUT2D eigenvalue weighted by Gasteiger charge is 2.30. The summed E-state index contributed by atoms with van der Waals surface area (Å²) in [7, 11) is 0. The van der Waals surface area contributed by atoms with Gasteiger partial charge < -0.3 is 34.5 Å². The van der Waals surface area contributed by atoms with Crippen molar-refractivity contribution in [3.63, 3.8) is 0 Å². The molecule has 0 aliphatic rings. The number of unbranched alkanes of at least 4 members (excludes halogenated alkanes) is 1. The van der Waals surface area contributed by atoms with Crippen LogP contribution in [0.2, 0.25) is 0 Å². The number of carboxylic acid groups (broad SMARTS) is 1. The van der Waals surface area contributed by atoms with Crippen molar-refractivity contribution in [2.24, 2.45) is 5.73 Å². The molecule has 0 aliphatic carbocycles. The van der Waals surface area contributed by atoms with Crippen molar-refractivity contribution < 1.29 is 48.0 Å². The number of esters is 1. The number of ether oxygens (including phenoxy) is 5.